The molecule has 146 valence electrons. The molecule has 0 amide bonds. The van der Waals surface area contributed by atoms with Gasteiger partial charge in [-0.15, -0.1) is 0 Å². The van der Waals surface area contributed by atoms with Gasteiger partial charge < -0.3 is 20.7 Å². The summed E-state index contributed by atoms with van der Waals surface area (Å²) in [7, 11) is 1.67. The maximum absolute atomic E-state index is 12.5. The van der Waals surface area contributed by atoms with Gasteiger partial charge in [-0.1, -0.05) is 24.3 Å². The summed E-state index contributed by atoms with van der Waals surface area (Å²) < 4.78 is 29.4. The smallest absolute Gasteiger partial charge is 0.387 e. The lowest BCUT2D eigenvalue weighted by Crippen LogP contribution is -2.37. The Hall–Kier alpha value is -2.90. The second kappa shape index (κ2) is 11.7. The number of nitrogens with one attached hydrogen (secondary N) is 3. The van der Waals surface area contributed by atoms with Crippen LogP contribution >= 0.6 is 0 Å². The van der Waals surface area contributed by atoms with E-state index in [1.807, 2.05) is 18.2 Å². The van der Waals surface area contributed by atoms with Gasteiger partial charge in [-0.25, -0.2) is 4.98 Å². The first-order chi connectivity index (χ1) is 13.2. The second-order valence-electron chi connectivity index (χ2n) is 5.69. The van der Waals surface area contributed by atoms with Crippen LogP contribution in [0.1, 0.15) is 18.4 Å². The number of rotatable bonds is 10. The topological polar surface area (TPSA) is 70.6 Å². The molecule has 0 fully saturated rings. The summed E-state index contributed by atoms with van der Waals surface area (Å²) in [5.74, 6) is 1.64. The number of benzene rings is 1. The van der Waals surface area contributed by atoms with E-state index < -0.39 is 6.61 Å². The first-order valence-electron chi connectivity index (χ1n) is 8.81. The summed E-state index contributed by atoms with van der Waals surface area (Å²) in [5.41, 5.74) is 0.639. The van der Waals surface area contributed by atoms with Gasteiger partial charge in [-0.3, -0.25) is 4.99 Å². The summed E-state index contributed by atoms with van der Waals surface area (Å²) in [6.45, 7) is -0.922. The predicted molar refractivity (Wildman–Crippen MR) is 103 cm³/mol. The van der Waals surface area contributed by atoms with E-state index in [1.165, 1.54) is 6.07 Å². The van der Waals surface area contributed by atoms with Crippen LogP contribution in [0.15, 0.2) is 53.7 Å². The van der Waals surface area contributed by atoms with Crippen LogP contribution in [0.3, 0.4) is 0 Å². The molecular weight excluding hydrogens is 352 g/mol. The van der Waals surface area contributed by atoms with Crippen molar-refractivity contribution in [2.75, 3.05) is 25.5 Å². The molecule has 3 N–H and O–H groups in total. The number of halogens is 2. The van der Waals surface area contributed by atoms with E-state index in [0.29, 0.717) is 18.1 Å². The van der Waals surface area contributed by atoms with Gasteiger partial charge in [0.1, 0.15) is 11.6 Å². The highest BCUT2D eigenvalue weighted by Gasteiger charge is 2.09. The first kappa shape index (κ1) is 20.4. The van der Waals surface area contributed by atoms with Gasteiger partial charge in [0, 0.05) is 38.4 Å². The number of nitrogens with zero attached hydrogens (tertiary/aromatic N) is 2. The number of anilines is 1. The van der Waals surface area contributed by atoms with Gasteiger partial charge >= 0.3 is 6.61 Å². The van der Waals surface area contributed by atoms with Crippen molar-refractivity contribution in [1.82, 2.24) is 15.6 Å². The third-order valence-electron chi connectivity index (χ3n) is 3.73. The lowest BCUT2D eigenvalue weighted by Gasteiger charge is -2.14. The fraction of sp³-hybridized carbons (Fsp3) is 0.368. The van der Waals surface area contributed by atoms with Crippen LogP contribution in [0.5, 0.6) is 5.75 Å². The van der Waals surface area contributed by atoms with Gasteiger partial charge in [0.2, 0.25) is 0 Å². The summed E-state index contributed by atoms with van der Waals surface area (Å²) in [6, 6.07) is 12.4. The molecule has 0 spiro atoms. The Bertz CT molecular complexity index is 698. The molecule has 27 heavy (non-hydrogen) atoms. The average Bonchev–Trinajstić information content (AvgIpc) is 2.68. The molecule has 2 aromatic rings. The zero-order valence-corrected chi connectivity index (χ0v) is 15.3. The molecule has 1 heterocycles. The van der Waals surface area contributed by atoms with Crippen molar-refractivity contribution in [1.29, 1.82) is 0 Å². The first-order valence-corrected chi connectivity index (χ1v) is 8.81. The van der Waals surface area contributed by atoms with E-state index in [2.05, 4.69) is 30.7 Å². The second-order valence-corrected chi connectivity index (χ2v) is 5.69. The van der Waals surface area contributed by atoms with Crippen molar-refractivity contribution in [3.05, 3.63) is 54.2 Å². The van der Waals surface area contributed by atoms with Crippen LogP contribution in [0, 0.1) is 0 Å². The Balaban J connectivity index is 1.66. The minimum atomic E-state index is -2.84. The van der Waals surface area contributed by atoms with Crippen LogP contribution in [-0.2, 0) is 6.54 Å². The van der Waals surface area contributed by atoms with E-state index in [9.17, 15) is 8.78 Å². The highest BCUT2D eigenvalue weighted by Crippen LogP contribution is 2.19. The number of para-hydroxylation sites is 1. The molecule has 6 nitrogen and oxygen atoms in total. The molecule has 0 saturated heterocycles. The zero-order chi connectivity index (χ0) is 19.3. The number of pyridine rings is 1. The highest BCUT2D eigenvalue weighted by atomic mass is 19.3. The van der Waals surface area contributed by atoms with Crippen molar-refractivity contribution in [3.8, 4) is 5.75 Å². The van der Waals surface area contributed by atoms with Crippen molar-refractivity contribution in [2.24, 2.45) is 4.99 Å². The highest BCUT2D eigenvalue weighted by molar-refractivity contribution is 5.79. The van der Waals surface area contributed by atoms with Gasteiger partial charge in [0.05, 0.1) is 0 Å². The number of aromatic nitrogens is 1. The van der Waals surface area contributed by atoms with Crippen molar-refractivity contribution in [2.45, 2.75) is 26.0 Å². The Labute approximate surface area is 158 Å². The fourth-order valence-corrected chi connectivity index (χ4v) is 2.40. The number of hydrogen-bond acceptors (Lipinski definition) is 4. The summed E-state index contributed by atoms with van der Waals surface area (Å²) in [4.78, 5) is 8.34. The van der Waals surface area contributed by atoms with Crippen molar-refractivity contribution >= 4 is 11.8 Å². The molecule has 0 atom stereocenters. The standard InChI is InChI=1S/C19H25F2N5O/c1-22-19(25-13-7-6-12-24-17-10-4-5-11-23-17)26-14-15-8-2-3-9-16(15)27-18(20)21/h2-5,8-11,18H,6-7,12-14H2,1H3,(H,23,24)(H2,22,25,26). The quantitative estimate of drug-likeness (QED) is 0.337. The van der Waals surface area contributed by atoms with Crippen LogP contribution in [0.2, 0.25) is 0 Å². The van der Waals surface area contributed by atoms with Crippen LogP contribution in [0.4, 0.5) is 14.6 Å². The van der Waals surface area contributed by atoms with E-state index in [4.69, 9.17) is 0 Å². The fourth-order valence-electron chi connectivity index (χ4n) is 2.40. The summed E-state index contributed by atoms with van der Waals surface area (Å²) in [5, 5.41) is 9.56. The lowest BCUT2D eigenvalue weighted by molar-refractivity contribution is -0.0504. The third-order valence-corrected chi connectivity index (χ3v) is 3.73. The predicted octanol–water partition coefficient (Wildman–Crippen LogP) is 3.24. The third kappa shape index (κ3) is 7.89. The molecule has 0 saturated carbocycles. The van der Waals surface area contributed by atoms with E-state index in [1.54, 1.807) is 31.4 Å². The number of alkyl halides is 2. The number of ether oxygens (including phenoxy) is 1. The maximum Gasteiger partial charge on any atom is 0.387 e. The Morgan fingerprint density at radius 3 is 2.59 bits per heavy atom. The number of aliphatic imine (C=N–C) groups is 1. The largest absolute Gasteiger partial charge is 0.434 e. The molecule has 0 bridgehead atoms. The van der Waals surface area contributed by atoms with Crippen LogP contribution < -0.4 is 20.7 Å². The van der Waals surface area contributed by atoms with E-state index in [0.717, 1.165) is 31.7 Å². The molecule has 0 aliphatic carbocycles. The molecular formula is C19H25F2N5O. The summed E-state index contributed by atoms with van der Waals surface area (Å²) in [6.07, 6.45) is 3.68. The van der Waals surface area contributed by atoms with Crippen LogP contribution in [-0.4, -0.2) is 37.7 Å². The lowest BCUT2D eigenvalue weighted by atomic mass is 10.2. The van der Waals surface area contributed by atoms with Gasteiger partial charge in [0.25, 0.3) is 0 Å². The van der Waals surface area contributed by atoms with Gasteiger partial charge in [0.15, 0.2) is 5.96 Å². The monoisotopic (exact) mass is 377 g/mol. The van der Waals surface area contributed by atoms with Gasteiger partial charge in [-0.2, -0.15) is 8.78 Å². The zero-order valence-electron chi connectivity index (χ0n) is 15.3. The van der Waals surface area contributed by atoms with E-state index in [-0.39, 0.29) is 5.75 Å². The molecule has 8 heteroatoms. The van der Waals surface area contributed by atoms with Gasteiger partial charge in [-0.05, 0) is 31.0 Å². The molecule has 0 unspecified atom stereocenters. The number of unbranched alkanes of at least 4 members (excludes halogenated alkanes) is 1. The normalized spacial score (nSPS) is 11.3. The molecule has 1 aromatic heterocycles. The van der Waals surface area contributed by atoms with Crippen LogP contribution in [0.25, 0.3) is 0 Å². The minimum absolute atomic E-state index is 0.163. The maximum atomic E-state index is 12.5. The Morgan fingerprint density at radius 1 is 1.07 bits per heavy atom. The van der Waals surface area contributed by atoms with E-state index >= 15 is 0 Å². The molecule has 0 aliphatic heterocycles. The molecule has 0 radical (unpaired) electrons. The SMILES string of the molecule is CN=C(NCCCCNc1ccccn1)NCc1ccccc1OC(F)F. The molecule has 0 aliphatic rings. The molecule has 1 aromatic carbocycles. The minimum Gasteiger partial charge on any atom is -0.434 e. The van der Waals surface area contributed by atoms with Crippen molar-refractivity contribution in [3.63, 3.8) is 0 Å². The number of hydrogen-bond donors (Lipinski definition) is 3. The molecule has 2 rings (SSSR count). The summed E-state index contributed by atoms with van der Waals surface area (Å²) >= 11 is 0. The average molecular weight is 377 g/mol. The Morgan fingerprint density at radius 2 is 1.85 bits per heavy atom. The number of guanidine groups is 1. The Kier molecular flexibility index (Phi) is 8.82. The van der Waals surface area contributed by atoms with Crippen molar-refractivity contribution < 1.29 is 13.5 Å².